The highest BCUT2D eigenvalue weighted by Crippen LogP contribution is 2.19. The zero-order valence-electron chi connectivity index (χ0n) is 16.8. The van der Waals surface area contributed by atoms with E-state index in [2.05, 4.69) is 41.7 Å². The van der Waals surface area contributed by atoms with Gasteiger partial charge in [0.1, 0.15) is 12.0 Å². The van der Waals surface area contributed by atoms with Gasteiger partial charge in [-0.3, -0.25) is 14.6 Å². The monoisotopic (exact) mass is 439 g/mol. The fourth-order valence-electron chi connectivity index (χ4n) is 1.90. The molecule has 0 amide bonds. The van der Waals surface area contributed by atoms with Crippen LogP contribution >= 0.6 is 27.5 Å². The van der Waals surface area contributed by atoms with Crippen LogP contribution in [-0.2, 0) is 14.3 Å². The molecule has 1 atom stereocenters. The molecule has 1 fully saturated rings. The molecule has 6 heteroatoms. The summed E-state index contributed by atoms with van der Waals surface area (Å²) < 4.78 is 5.20. The van der Waals surface area contributed by atoms with E-state index in [1.54, 1.807) is 6.21 Å². The molecule has 0 bridgehead atoms. The largest absolute Gasteiger partial charge is 0.357 e. The van der Waals surface area contributed by atoms with Gasteiger partial charge in [0, 0.05) is 19.4 Å². The third-order valence-corrected chi connectivity index (χ3v) is 3.53. The summed E-state index contributed by atoms with van der Waals surface area (Å²) in [5.74, 6) is 0.280. The molecular weight excluding hydrogens is 406 g/mol. The molecule has 0 aliphatic carbocycles. The van der Waals surface area contributed by atoms with E-state index in [1.807, 2.05) is 27.7 Å². The highest BCUT2D eigenvalue weighted by Gasteiger charge is 2.14. The maximum atomic E-state index is 10.8. The number of rotatable bonds is 4. The molecule has 1 aliphatic heterocycles. The van der Waals surface area contributed by atoms with E-state index in [1.165, 1.54) is 6.42 Å². The van der Waals surface area contributed by atoms with Crippen LogP contribution in [0.1, 0.15) is 74.1 Å². The van der Waals surface area contributed by atoms with Crippen LogP contribution in [0, 0.1) is 10.8 Å². The number of halogens is 2. The van der Waals surface area contributed by atoms with Gasteiger partial charge in [0.05, 0.1) is 5.33 Å². The van der Waals surface area contributed by atoms with Crippen LogP contribution in [0.3, 0.4) is 0 Å². The third kappa shape index (κ3) is 23.7. The van der Waals surface area contributed by atoms with Crippen molar-refractivity contribution in [1.82, 2.24) is 0 Å². The van der Waals surface area contributed by atoms with Crippen LogP contribution in [0.4, 0.5) is 0 Å². The predicted molar refractivity (Wildman–Crippen MR) is 111 cm³/mol. The Kier molecular flexibility index (Phi) is 15.0. The maximum Gasteiger partial charge on any atom is 0.222 e. The van der Waals surface area contributed by atoms with Gasteiger partial charge < -0.3 is 4.74 Å². The molecule has 0 radical (unpaired) electrons. The molecule has 0 spiro atoms. The van der Waals surface area contributed by atoms with Crippen molar-refractivity contribution in [2.45, 2.75) is 80.4 Å². The first-order valence-electron chi connectivity index (χ1n) is 8.66. The van der Waals surface area contributed by atoms with Gasteiger partial charge in [0.15, 0.2) is 0 Å². The Morgan fingerprint density at radius 1 is 1.16 bits per heavy atom. The minimum Gasteiger partial charge on any atom is -0.357 e. The summed E-state index contributed by atoms with van der Waals surface area (Å²) in [7, 11) is 0. The summed E-state index contributed by atoms with van der Waals surface area (Å²) in [5, 5.41) is 0.238. The zero-order chi connectivity index (χ0) is 20.1. The molecule has 0 saturated carbocycles. The van der Waals surface area contributed by atoms with Crippen molar-refractivity contribution in [3.05, 3.63) is 0 Å². The molecule has 0 N–H and O–H groups in total. The lowest BCUT2D eigenvalue weighted by atomic mass is 9.90. The van der Waals surface area contributed by atoms with E-state index in [4.69, 9.17) is 16.3 Å². The van der Waals surface area contributed by atoms with Crippen LogP contribution in [0.5, 0.6) is 0 Å². The summed E-state index contributed by atoms with van der Waals surface area (Å²) in [4.78, 5) is 25.1. The van der Waals surface area contributed by atoms with Gasteiger partial charge in [-0.25, -0.2) is 0 Å². The van der Waals surface area contributed by atoms with Crippen LogP contribution < -0.4 is 0 Å². The van der Waals surface area contributed by atoms with Crippen LogP contribution in [-0.4, -0.2) is 35.4 Å². The first kappa shape index (κ1) is 27.0. The minimum atomic E-state index is -0.252. The lowest BCUT2D eigenvalue weighted by molar-refractivity contribution is -0.118. The lowest BCUT2D eigenvalue weighted by Crippen LogP contribution is -2.13. The lowest BCUT2D eigenvalue weighted by Gasteiger charge is -2.15. The molecule has 1 aliphatic rings. The van der Waals surface area contributed by atoms with Gasteiger partial charge in [0.2, 0.25) is 5.24 Å². The number of carbonyl (C=O) groups excluding carboxylic acids is 2. The van der Waals surface area contributed by atoms with Crippen molar-refractivity contribution < 1.29 is 14.3 Å². The van der Waals surface area contributed by atoms with Crippen LogP contribution in [0.25, 0.3) is 0 Å². The van der Waals surface area contributed by atoms with E-state index >= 15 is 0 Å². The normalized spacial score (nSPS) is 17.4. The minimum absolute atomic E-state index is 0.0405. The van der Waals surface area contributed by atoms with Gasteiger partial charge in [-0.1, -0.05) is 57.5 Å². The Balaban J connectivity index is 0. The van der Waals surface area contributed by atoms with Gasteiger partial charge in [0.25, 0.3) is 0 Å². The average molecular weight is 441 g/mol. The van der Waals surface area contributed by atoms with Gasteiger partial charge in [-0.05, 0) is 48.4 Å². The number of hydrogen-bond acceptors (Lipinski definition) is 4. The summed E-state index contributed by atoms with van der Waals surface area (Å²) in [6.07, 6.45) is 5.37. The smallest absolute Gasteiger partial charge is 0.222 e. The van der Waals surface area contributed by atoms with Crippen molar-refractivity contribution >= 4 is 44.8 Å². The van der Waals surface area contributed by atoms with Gasteiger partial charge >= 0.3 is 0 Å². The zero-order valence-corrected chi connectivity index (χ0v) is 19.2. The summed E-state index contributed by atoms with van der Waals surface area (Å²) >= 11 is 8.24. The second-order valence-corrected chi connectivity index (χ2v) is 9.36. The van der Waals surface area contributed by atoms with E-state index in [-0.39, 0.29) is 28.1 Å². The van der Waals surface area contributed by atoms with E-state index in [0.717, 1.165) is 13.0 Å². The molecule has 0 aromatic rings. The SMILES string of the molecule is CC(C)(C)CC(=O)CBr.CC(C)(C)CC(=O)Cl.CC=NC1CCCO1. The molecule has 1 heterocycles. The van der Waals surface area contributed by atoms with Crippen LogP contribution in [0.15, 0.2) is 4.99 Å². The molecule has 25 heavy (non-hydrogen) atoms. The third-order valence-electron chi connectivity index (χ3n) is 2.77. The number of ether oxygens (including phenoxy) is 1. The molecule has 0 aromatic carbocycles. The number of nitrogens with zero attached hydrogens (tertiary/aromatic N) is 1. The Morgan fingerprint density at radius 2 is 1.68 bits per heavy atom. The number of ketones is 1. The fraction of sp³-hybridized carbons (Fsp3) is 0.842. The number of Topliss-reactive ketones (excluding diaryl/α,β-unsaturated/α-hetero) is 1. The second kappa shape index (κ2) is 13.9. The van der Waals surface area contributed by atoms with Crippen LogP contribution in [0.2, 0.25) is 0 Å². The predicted octanol–water partition coefficient (Wildman–Crippen LogP) is 5.79. The Morgan fingerprint density at radius 3 is 1.88 bits per heavy atom. The van der Waals surface area contributed by atoms with Crippen molar-refractivity contribution in [3.8, 4) is 0 Å². The standard InChI is InChI=1S/C7H13BrO.C6H11ClO.C6H11NO/c1-7(2,3)4-6(9)5-8;1-6(2,3)4-5(7)8;1-2-7-6-4-3-5-8-6/h4-5H2,1-3H3;4H2,1-3H3;2,6H,3-5H2,1H3. The Hall–Kier alpha value is -0.260. The van der Waals surface area contributed by atoms with Crippen molar-refractivity contribution in [2.75, 3.05) is 11.9 Å². The fourth-order valence-corrected chi connectivity index (χ4v) is 2.50. The Labute approximate surface area is 167 Å². The average Bonchev–Trinajstić information content (AvgIpc) is 2.88. The maximum absolute atomic E-state index is 10.8. The molecule has 1 saturated heterocycles. The number of hydrogen-bond donors (Lipinski definition) is 0. The molecule has 4 nitrogen and oxygen atoms in total. The molecule has 0 aromatic heterocycles. The number of aliphatic imine (C=N–C) groups is 1. The molecular formula is C19H35BrClNO3. The molecule has 148 valence electrons. The summed E-state index contributed by atoms with van der Waals surface area (Å²) in [5.41, 5.74) is 0.184. The summed E-state index contributed by atoms with van der Waals surface area (Å²) in [6, 6.07) is 0. The highest BCUT2D eigenvalue weighted by molar-refractivity contribution is 9.09. The molecule has 1 rings (SSSR count). The number of carbonyl (C=O) groups is 2. The van der Waals surface area contributed by atoms with Gasteiger partial charge in [-0.15, -0.1) is 0 Å². The van der Waals surface area contributed by atoms with Gasteiger partial charge in [-0.2, -0.15) is 0 Å². The quantitative estimate of drug-likeness (QED) is 0.316. The van der Waals surface area contributed by atoms with Crippen molar-refractivity contribution in [2.24, 2.45) is 15.8 Å². The summed E-state index contributed by atoms with van der Waals surface area (Å²) in [6.45, 7) is 14.9. The van der Waals surface area contributed by atoms with E-state index in [0.29, 0.717) is 18.2 Å². The van der Waals surface area contributed by atoms with Crippen molar-refractivity contribution in [3.63, 3.8) is 0 Å². The van der Waals surface area contributed by atoms with E-state index < -0.39 is 0 Å². The van der Waals surface area contributed by atoms with Crippen molar-refractivity contribution in [1.29, 1.82) is 0 Å². The first-order chi connectivity index (χ1) is 11.3. The Bertz CT molecular complexity index is 406. The first-order valence-corrected chi connectivity index (χ1v) is 10.2. The highest BCUT2D eigenvalue weighted by atomic mass is 79.9. The van der Waals surface area contributed by atoms with E-state index in [9.17, 15) is 9.59 Å². The second-order valence-electron chi connectivity index (χ2n) is 8.38. The molecule has 1 unspecified atom stereocenters. The topological polar surface area (TPSA) is 55.7 Å². The number of alkyl halides is 1.